The van der Waals surface area contributed by atoms with Crippen LogP contribution in [0.15, 0.2) is 17.5 Å². The summed E-state index contributed by atoms with van der Waals surface area (Å²) in [6.45, 7) is 10.1. The molecule has 3 heterocycles. The standard InChI is InChI=1S/C18H30N2O2S/c1-15(2)19(3)11-16-6-7-18(22-16)13-20(8-9-21-14-18)12-17-5-4-10-23-17/h4-5,10,15-16H,6-9,11-14H2,1-3H3/t16-,18-/m1/s1. The molecule has 2 saturated heterocycles. The number of ether oxygens (including phenoxy) is 2. The van der Waals surface area contributed by atoms with Crippen LogP contribution >= 0.6 is 11.3 Å². The molecule has 2 fully saturated rings. The zero-order valence-corrected chi connectivity index (χ0v) is 15.5. The molecule has 1 spiro atoms. The van der Waals surface area contributed by atoms with Crippen molar-refractivity contribution in [3.63, 3.8) is 0 Å². The van der Waals surface area contributed by atoms with Gasteiger partial charge in [-0.25, -0.2) is 0 Å². The highest BCUT2D eigenvalue weighted by molar-refractivity contribution is 7.09. The highest BCUT2D eigenvalue weighted by Crippen LogP contribution is 2.34. The second kappa shape index (κ2) is 7.62. The quantitative estimate of drug-likeness (QED) is 0.824. The second-order valence-electron chi connectivity index (χ2n) is 7.34. The van der Waals surface area contributed by atoms with Crippen LogP contribution in [0.1, 0.15) is 31.6 Å². The Balaban J connectivity index is 1.59. The molecule has 0 unspecified atom stereocenters. The summed E-state index contributed by atoms with van der Waals surface area (Å²) in [5.41, 5.74) is -0.101. The van der Waals surface area contributed by atoms with Gasteiger partial charge in [0.25, 0.3) is 0 Å². The summed E-state index contributed by atoms with van der Waals surface area (Å²) in [6.07, 6.45) is 2.60. The maximum Gasteiger partial charge on any atom is 0.105 e. The molecule has 2 aliphatic heterocycles. The average molecular weight is 339 g/mol. The van der Waals surface area contributed by atoms with Crippen molar-refractivity contribution in [2.45, 2.75) is 51.0 Å². The third kappa shape index (κ3) is 4.54. The minimum absolute atomic E-state index is 0.101. The van der Waals surface area contributed by atoms with Crippen molar-refractivity contribution in [3.05, 3.63) is 22.4 Å². The third-order valence-electron chi connectivity index (χ3n) is 5.10. The van der Waals surface area contributed by atoms with Crippen LogP contribution in [0, 0.1) is 0 Å². The number of rotatable bonds is 5. The van der Waals surface area contributed by atoms with Crippen molar-refractivity contribution in [2.75, 3.05) is 39.9 Å². The summed E-state index contributed by atoms with van der Waals surface area (Å²) in [4.78, 5) is 6.31. The number of hydrogen-bond donors (Lipinski definition) is 0. The van der Waals surface area contributed by atoms with Gasteiger partial charge in [-0.1, -0.05) is 6.07 Å². The fourth-order valence-electron chi connectivity index (χ4n) is 3.52. The van der Waals surface area contributed by atoms with Crippen molar-refractivity contribution < 1.29 is 9.47 Å². The topological polar surface area (TPSA) is 24.9 Å². The van der Waals surface area contributed by atoms with E-state index in [-0.39, 0.29) is 5.60 Å². The lowest BCUT2D eigenvalue weighted by molar-refractivity contribution is -0.0924. The molecule has 0 N–H and O–H groups in total. The normalized spacial score (nSPS) is 29.7. The van der Waals surface area contributed by atoms with Gasteiger partial charge >= 0.3 is 0 Å². The Hall–Kier alpha value is -0.460. The van der Waals surface area contributed by atoms with Crippen molar-refractivity contribution in [1.29, 1.82) is 0 Å². The van der Waals surface area contributed by atoms with E-state index in [9.17, 15) is 0 Å². The molecule has 0 aliphatic carbocycles. The van der Waals surface area contributed by atoms with Gasteiger partial charge in [-0.2, -0.15) is 0 Å². The van der Waals surface area contributed by atoms with Crippen molar-refractivity contribution in [3.8, 4) is 0 Å². The van der Waals surface area contributed by atoms with Gasteiger partial charge in [0, 0.05) is 37.1 Å². The van der Waals surface area contributed by atoms with Crippen LogP contribution in [0.5, 0.6) is 0 Å². The Labute approximate surface area is 144 Å². The minimum atomic E-state index is -0.101. The summed E-state index contributed by atoms with van der Waals surface area (Å²) in [7, 11) is 2.19. The molecule has 130 valence electrons. The van der Waals surface area contributed by atoms with Crippen molar-refractivity contribution >= 4 is 11.3 Å². The van der Waals surface area contributed by atoms with Gasteiger partial charge in [0.1, 0.15) is 5.60 Å². The molecular formula is C18H30N2O2S. The van der Waals surface area contributed by atoms with E-state index >= 15 is 0 Å². The molecular weight excluding hydrogens is 308 g/mol. The zero-order valence-electron chi connectivity index (χ0n) is 14.7. The molecule has 1 aromatic heterocycles. The lowest BCUT2D eigenvalue weighted by Crippen LogP contribution is -2.45. The smallest absolute Gasteiger partial charge is 0.105 e. The van der Waals surface area contributed by atoms with E-state index in [4.69, 9.17) is 9.47 Å². The van der Waals surface area contributed by atoms with Crippen LogP contribution in [-0.4, -0.2) is 67.4 Å². The first kappa shape index (κ1) is 17.4. The number of likely N-dealkylation sites (N-methyl/N-ethyl adjacent to an activating group) is 1. The van der Waals surface area contributed by atoms with E-state index in [1.165, 1.54) is 4.88 Å². The number of thiophene rings is 1. The Morgan fingerprint density at radius 2 is 2.35 bits per heavy atom. The summed E-state index contributed by atoms with van der Waals surface area (Å²) < 4.78 is 12.4. The Bertz CT molecular complexity index is 479. The fourth-order valence-corrected chi connectivity index (χ4v) is 4.27. The van der Waals surface area contributed by atoms with Crippen molar-refractivity contribution in [2.24, 2.45) is 0 Å². The number of hydrogen-bond acceptors (Lipinski definition) is 5. The monoisotopic (exact) mass is 338 g/mol. The second-order valence-corrected chi connectivity index (χ2v) is 8.37. The van der Waals surface area contributed by atoms with Crippen LogP contribution in [0.3, 0.4) is 0 Å². The predicted molar refractivity (Wildman–Crippen MR) is 95.0 cm³/mol. The fraction of sp³-hybridized carbons (Fsp3) is 0.778. The third-order valence-corrected chi connectivity index (χ3v) is 5.96. The highest BCUT2D eigenvalue weighted by atomic mass is 32.1. The van der Waals surface area contributed by atoms with E-state index in [1.54, 1.807) is 0 Å². The van der Waals surface area contributed by atoms with E-state index in [0.717, 1.165) is 52.2 Å². The van der Waals surface area contributed by atoms with Gasteiger partial charge < -0.3 is 14.4 Å². The van der Waals surface area contributed by atoms with Crippen LogP contribution in [-0.2, 0) is 16.0 Å². The van der Waals surface area contributed by atoms with E-state index in [0.29, 0.717) is 12.1 Å². The van der Waals surface area contributed by atoms with E-state index in [1.807, 2.05) is 11.3 Å². The van der Waals surface area contributed by atoms with Crippen LogP contribution in [0.4, 0.5) is 0 Å². The molecule has 23 heavy (non-hydrogen) atoms. The molecule has 5 heteroatoms. The van der Waals surface area contributed by atoms with Gasteiger partial charge in [0.2, 0.25) is 0 Å². The van der Waals surface area contributed by atoms with Gasteiger partial charge in [-0.05, 0) is 45.2 Å². The highest BCUT2D eigenvalue weighted by Gasteiger charge is 2.43. The molecule has 3 rings (SSSR count). The average Bonchev–Trinajstić information content (AvgIpc) is 3.09. The summed E-state index contributed by atoms with van der Waals surface area (Å²) >= 11 is 1.84. The largest absolute Gasteiger partial charge is 0.377 e. The Morgan fingerprint density at radius 3 is 3.09 bits per heavy atom. The molecule has 0 aromatic carbocycles. The molecule has 0 amide bonds. The first-order valence-corrected chi connectivity index (χ1v) is 9.65. The van der Waals surface area contributed by atoms with Crippen LogP contribution in [0.2, 0.25) is 0 Å². The zero-order chi connectivity index (χ0) is 16.3. The first-order valence-electron chi connectivity index (χ1n) is 8.77. The van der Waals surface area contributed by atoms with Gasteiger partial charge in [-0.3, -0.25) is 4.90 Å². The van der Waals surface area contributed by atoms with Crippen molar-refractivity contribution in [1.82, 2.24) is 9.80 Å². The Kier molecular flexibility index (Phi) is 5.75. The minimum Gasteiger partial charge on any atom is -0.377 e. The lowest BCUT2D eigenvalue weighted by Gasteiger charge is -2.32. The summed E-state index contributed by atoms with van der Waals surface area (Å²) in [5, 5.41) is 2.16. The van der Waals surface area contributed by atoms with Crippen LogP contribution in [0.25, 0.3) is 0 Å². The van der Waals surface area contributed by atoms with Gasteiger partial charge in [-0.15, -0.1) is 11.3 Å². The molecule has 0 bridgehead atoms. The maximum atomic E-state index is 6.54. The van der Waals surface area contributed by atoms with Crippen LogP contribution < -0.4 is 0 Å². The molecule has 2 aliphatic rings. The Morgan fingerprint density at radius 1 is 1.48 bits per heavy atom. The van der Waals surface area contributed by atoms with Gasteiger partial charge in [0.15, 0.2) is 0 Å². The number of nitrogens with zero attached hydrogens (tertiary/aromatic N) is 2. The summed E-state index contributed by atoms with van der Waals surface area (Å²) in [6, 6.07) is 4.92. The van der Waals surface area contributed by atoms with E-state index in [2.05, 4.69) is 48.2 Å². The molecule has 0 saturated carbocycles. The lowest BCUT2D eigenvalue weighted by atomic mass is 10.00. The maximum absolute atomic E-state index is 6.54. The summed E-state index contributed by atoms with van der Waals surface area (Å²) in [5.74, 6) is 0. The SMILES string of the molecule is CC(C)N(C)C[C@H]1CC[C@@]2(COCCN(Cc3cccs3)C2)O1. The molecule has 1 aromatic rings. The molecule has 2 atom stereocenters. The van der Waals surface area contributed by atoms with E-state index < -0.39 is 0 Å². The first-order chi connectivity index (χ1) is 11.1. The predicted octanol–water partition coefficient (Wildman–Crippen LogP) is 2.84. The molecule has 0 radical (unpaired) electrons. The van der Waals surface area contributed by atoms with Gasteiger partial charge in [0.05, 0.1) is 19.3 Å². The molecule has 4 nitrogen and oxygen atoms in total.